The fraction of sp³-hybridized carbons (Fsp3) is 0.368. The van der Waals surface area contributed by atoms with Crippen LogP contribution in [-0.2, 0) is 4.79 Å². The Morgan fingerprint density at radius 2 is 1.92 bits per heavy atom. The van der Waals surface area contributed by atoms with Crippen molar-refractivity contribution in [2.45, 2.75) is 19.9 Å². The van der Waals surface area contributed by atoms with Crippen molar-refractivity contribution < 1.29 is 18.4 Å². The monoisotopic (exact) mass is 359 g/mol. The van der Waals surface area contributed by atoms with Crippen molar-refractivity contribution in [1.29, 1.82) is 0 Å². The number of nitrogens with zero attached hydrogens (tertiary/aromatic N) is 2. The van der Waals surface area contributed by atoms with E-state index >= 15 is 0 Å². The van der Waals surface area contributed by atoms with Gasteiger partial charge in [0.25, 0.3) is 5.91 Å². The number of piperazine rings is 1. The number of hydrogen-bond donors (Lipinski definition) is 1. The topological polar surface area (TPSA) is 65.8 Å². The zero-order valence-electron chi connectivity index (χ0n) is 14.9. The van der Waals surface area contributed by atoms with E-state index in [9.17, 15) is 14.0 Å². The van der Waals surface area contributed by atoms with E-state index in [0.717, 1.165) is 0 Å². The lowest BCUT2D eigenvalue weighted by Crippen LogP contribution is -2.54. The third kappa shape index (κ3) is 3.94. The molecular formula is C19H22FN3O3. The van der Waals surface area contributed by atoms with Crippen molar-refractivity contribution in [2.24, 2.45) is 0 Å². The number of amides is 2. The number of furan rings is 1. The zero-order valence-corrected chi connectivity index (χ0v) is 14.9. The maximum absolute atomic E-state index is 13.6. The summed E-state index contributed by atoms with van der Waals surface area (Å²) < 4.78 is 18.8. The van der Waals surface area contributed by atoms with Crippen LogP contribution in [0.4, 0.5) is 10.1 Å². The maximum atomic E-state index is 13.6. The molecule has 138 valence electrons. The van der Waals surface area contributed by atoms with E-state index in [2.05, 4.69) is 5.32 Å². The Bertz CT molecular complexity index is 783. The molecule has 0 bridgehead atoms. The molecule has 1 aliphatic rings. The second kappa shape index (κ2) is 7.70. The van der Waals surface area contributed by atoms with E-state index in [1.807, 2.05) is 11.8 Å². The molecule has 2 amide bonds. The Morgan fingerprint density at radius 3 is 2.54 bits per heavy atom. The summed E-state index contributed by atoms with van der Waals surface area (Å²) in [4.78, 5) is 28.4. The predicted molar refractivity (Wildman–Crippen MR) is 95.4 cm³/mol. The van der Waals surface area contributed by atoms with Crippen molar-refractivity contribution in [1.82, 2.24) is 9.80 Å². The summed E-state index contributed by atoms with van der Waals surface area (Å²) in [6, 6.07) is 7.59. The van der Waals surface area contributed by atoms with Gasteiger partial charge in [-0.05, 0) is 43.7 Å². The third-order valence-electron chi connectivity index (χ3n) is 4.70. The highest BCUT2D eigenvalue weighted by molar-refractivity contribution is 5.94. The van der Waals surface area contributed by atoms with Crippen molar-refractivity contribution in [3.63, 3.8) is 0 Å². The molecule has 1 N–H and O–H groups in total. The van der Waals surface area contributed by atoms with Gasteiger partial charge in [0.05, 0.1) is 12.3 Å². The molecule has 2 heterocycles. The maximum Gasteiger partial charge on any atom is 0.289 e. The van der Waals surface area contributed by atoms with E-state index in [1.165, 1.54) is 12.3 Å². The lowest BCUT2D eigenvalue weighted by Gasteiger charge is -2.37. The summed E-state index contributed by atoms with van der Waals surface area (Å²) in [5, 5.41) is 2.75. The smallest absolute Gasteiger partial charge is 0.289 e. The molecule has 0 radical (unpaired) electrons. The van der Waals surface area contributed by atoms with E-state index in [0.29, 0.717) is 43.2 Å². The zero-order chi connectivity index (χ0) is 18.7. The number of nitrogens with one attached hydrogen (secondary N) is 1. The Hall–Kier alpha value is -2.67. The first-order chi connectivity index (χ1) is 12.5. The molecule has 1 aromatic heterocycles. The molecule has 0 unspecified atom stereocenters. The Morgan fingerprint density at radius 1 is 1.19 bits per heavy atom. The van der Waals surface area contributed by atoms with Crippen LogP contribution in [0, 0.1) is 12.7 Å². The standard InChI is InChI=1S/C19H22FN3O3/c1-13-5-6-15(12-16(13)20)21-18(24)14(2)22-7-9-23(10-8-22)19(25)17-4-3-11-26-17/h3-6,11-12,14H,7-10H2,1-2H3,(H,21,24)/t14-/m1/s1. The molecule has 7 heteroatoms. The van der Waals surface area contributed by atoms with Gasteiger partial charge in [-0.1, -0.05) is 6.07 Å². The molecule has 6 nitrogen and oxygen atoms in total. The summed E-state index contributed by atoms with van der Waals surface area (Å²) in [5.74, 6) is -0.355. The average Bonchev–Trinajstić information content (AvgIpc) is 3.18. The number of halogens is 1. The van der Waals surface area contributed by atoms with Crippen LogP contribution in [0.5, 0.6) is 0 Å². The number of benzene rings is 1. The molecule has 0 spiro atoms. The van der Waals surface area contributed by atoms with Gasteiger partial charge in [0, 0.05) is 31.9 Å². The first-order valence-corrected chi connectivity index (χ1v) is 8.59. The van der Waals surface area contributed by atoms with Gasteiger partial charge in [0.15, 0.2) is 5.76 Å². The average molecular weight is 359 g/mol. The van der Waals surface area contributed by atoms with Crippen LogP contribution in [0.1, 0.15) is 23.0 Å². The number of carbonyl (C=O) groups excluding carboxylic acids is 2. The number of hydrogen-bond acceptors (Lipinski definition) is 4. The van der Waals surface area contributed by atoms with Gasteiger partial charge in [0.2, 0.25) is 5.91 Å². The molecule has 1 aliphatic heterocycles. The van der Waals surface area contributed by atoms with Gasteiger partial charge in [-0.15, -0.1) is 0 Å². The highest BCUT2D eigenvalue weighted by Crippen LogP contribution is 2.16. The predicted octanol–water partition coefficient (Wildman–Crippen LogP) is 2.51. The molecule has 1 saturated heterocycles. The van der Waals surface area contributed by atoms with Crippen molar-refractivity contribution in [3.05, 3.63) is 53.7 Å². The van der Waals surface area contributed by atoms with Gasteiger partial charge >= 0.3 is 0 Å². The Kier molecular flexibility index (Phi) is 5.37. The summed E-state index contributed by atoms with van der Waals surface area (Å²) in [6.45, 7) is 5.70. The molecule has 1 atom stereocenters. The van der Waals surface area contributed by atoms with Gasteiger partial charge < -0.3 is 14.6 Å². The highest BCUT2D eigenvalue weighted by atomic mass is 19.1. The minimum Gasteiger partial charge on any atom is -0.459 e. The fourth-order valence-corrected chi connectivity index (χ4v) is 2.95. The highest BCUT2D eigenvalue weighted by Gasteiger charge is 2.28. The van der Waals surface area contributed by atoms with Crippen LogP contribution in [-0.4, -0.2) is 53.8 Å². The van der Waals surface area contributed by atoms with Gasteiger partial charge in [0.1, 0.15) is 5.82 Å². The fourth-order valence-electron chi connectivity index (χ4n) is 2.95. The minimum absolute atomic E-state index is 0.137. The molecule has 0 aliphatic carbocycles. The number of anilines is 1. The Balaban J connectivity index is 1.54. The SMILES string of the molecule is Cc1ccc(NC(=O)[C@@H](C)N2CCN(C(=O)c3ccco3)CC2)cc1F. The first kappa shape index (κ1) is 18.1. The van der Waals surface area contributed by atoms with Crippen molar-refractivity contribution in [2.75, 3.05) is 31.5 Å². The van der Waals surface area contributed by atoms with Crippen LogP contribution in [0.3, 0.4) is 0 Å². The van der Waals surface area contributed by atoms with Gasteiger partial charge in [-0.2, -0.15) is 0 Å². The summed E-state index contributed by atoms with van der Waals surface area (Å²) in [6.07, 6.45) is 1.48. The molecule has 0 saturated carbocycles. The largest absolute Gasteiger partial charge is 0.459 e. The molecule has 1 aromatic carbocycles. The van der Waals surface area contributed by atoms with Crippen LogP contribution in [0.2, 0.25) is 0 Å². The quantitative estimate of drug-likeness (QED) is 0.911. The number of aryl methyl sites for hydroxylation is 1. The van der Waals surface area contributed by atoms with E-state index in [1.54, 1.807) is 36.1 Å². The third-order valence-corrected chi connectivity index (χ3v) is 4.70. The van der Waals surface area contributed by atoms with Crippen LogP contribution in [0.15, 0.2) is 41.0 Å². The van der Waals surface area contributed by atoms with E-state index < -0.39 is 0 Å². The second-order valence-corrected chi connectivity index (χ2v) is 6.43. The van der Waals surface area contributed by atoms with Crippen molar-refractivity contribution >= 4 is 17.5 Å². The van der Waals surface area contributed by atoms with Crippen LogP contribution >= 0.6 is 0 Å². The lowest BCUT2D eigenvalue weighted by molar-refractivity contribution is -0.121. The summed E-state index contributed by atoms with van der Waals surface area (Å²) in [7, 11) is 0. The molecular weight excluding hydrogens is 337 g/mol. The second-order valence-electron chi connectivity index (χ2n) is 6.43. The summed E-state index contributed by atoms with van der Waals surface area (Å²) in [5.41, 5.74) is 0.977. The molecule has 1 fully saturated rings. The van der Waals surface area contributed by atoms with E-state index in [-0.39, 0.29) is 23.7 Å². The molecule has 3 rings (SSSR count). The number of carbonyl (C=O) groups is 2. The molecule has 26 heavy (non-hydrogen) atoms. The number of rotatable bonds is 4. The summed E-state index contributed by atoms with van der Waals surface area (Å²) >= 11 is 0. The van der Waals surface area contributed by atoms with Crippen molar-refractivity contribution in [3.8, 4) is 0 Å². The minimum atomic E-state index is -0.375. The van der Waals surface area contributed by atoms with Crippen LogP contribution < -0.4 is 5.32 Å². The molecule has 2 aromatic rings. The Labute approximate surface area is 151 Å². The first-order valence-electron chi connectivity index (χ1n) is 8.59. The normalized spacial score (nSPS) is 16.3. The van der Waals surface area contributed by atoms with E-state index in [4.69, 9.17) is 4.42 Å². The van der Waals surface area contributed by atoms with Gasteiger partial charge in [-0.3, -0.25) is 14.5 Å². The lowest BCUT2D eigenvalue weighted by atomic mass is 10.2. The van der Waals surface area contributed by atoms with Crippen LogP contribution in [0.25, 0.3) is 0 Å². The van der Waals surface area contributed by atoms with Gasteiger partial charge in [-0.25, -0.2) is 4.39 Å².